The van der Waals surface area contributed by atoms with Crippen LogP contribution in [0.15, 0.2) is 35.8 Å². The Kier molecular flexibility index (Phi) is 3.16. The Morgan fingerprint density at radius 1 is 1.17 bits per heavy atom. The lowest BCUT2D eigenvalue weighted by atomic mass is 9.90. The molecule has 6 heteroatoms. The molecule has 2 rings (SSSR count). The van der Waals surface area contributed by atoms with Crippen molar-refractivity contribution in [1.29, 1.82) is 0 Å². The number of thiazole rings is 1. The van der Waals surface area contributed by atoms with Gasteiger partial charge >= 0.3 is 6.18 Å². The summed E-state index contributed by atoms with van der Waals surface area (Å²) in [5.41, 5.74) is -1.72. The minimum atomic E-state index is -4.80. The zero-order valence-electron chi connectivity index (χ0n) is 9.40. The lowest BCUT2D eigenvalue weighted by molar-refractivity contribution is -0.247. The molecule has 18 heavy (non-hydrogen) atoms. The number of alkyl halides is 3. The first kappa shape index (κ1) is 13.0. The molecule has 1 N–H and O–H groups in total. The van der Waals surface area contributed by atoms with Gasteiger partial charge in [-0.3, -0.25) is 0 Å². The van der Waals surface area contributed by atoms with Crippen LogP contribution < -0.4 is 0 Å². The summed E-state index contributed by atoms with van der Waals surface area (Å²) in [5, 5.41) is 10.2. The monoisotopic (exact) mass is 273 g/mol. The highest BCUT2D eigenvalue weighted by atomic mass is 32.1. The van der Waals surface area contributed by atoms with Crippen LogP contribution >= 0.6 is 11.3 Å². The van der Waals surface area contributed by atoms with E-state index < -0.39 is 11.8 Å². The van der Waals surface area contributed by atoms with Crippen molar-refractivity contribution in [3.8, 4) is 0 Å². The summed E-state index contributed by atoms with van der Waals surface area (Å²) in [5.74, 6) is 0. The fourth-order valence-corrected chi connectivity index (χ4v) is 2.70. The number of hydrogen-bond acceptors (Lipinski definition) is 3. The largest absolute Gasteiger partial charge is 0.426 e. The summed E-state index contributed by atoms with van der Waals surface area (Å²) in [6, 6.07) is 7.03. The van der Waals surface area contributed by atoms with Crippen LogP contribution in [0, 0.1) is 6.92 Å². The van der Waals surface area contributed by atoms with Crippen molar-refractivity contribution in [3.05, 3.63) is 52.0 Å². The number of halogens is 3. The molecule has 0 aliphatic heterocycles. The van der Waals surface area contributed by atoms with Gasteiger partial charge in [-0.1, -0.05) is 30.3 Å². The fraction of sp³-hybridized carbons (Fsp3) is 0.250. The van der Waals surface area contributed by atoms with E-state index in [2.05, 4.69) is 4.98 Å². The van der Waals surface area contributed by atoms with Crippen molar-refractivity contribution in [2.75, 3.05) is 0 Å². The second-order valence-electron chi connectivity index (χ2n) is 3.84. The van der Waals surface area contributed by atoms with Gasteiger partial charge in [-0.25, -0.2) is 4.98 Å². The third-order valence-corrected chi connectivity index (χ3v) is 3.71. The molecule has 2 nitrogen and oxygen atoms in total. The molecule has 0 radical (unpaired) electrons. The summed E-state index contributed by atoms with van der Waals surface area (Å²) in [6.45, 7) is 1.45. The minimum Gasteiger partial charge on any atom is -0.372 e. The van der Waals surface area contributed by atoms with Crippen LogP contribution in [-0.2, 0) is 5.60 Å². The van der Waals surface area contributed by atoms with Crippen LogP contribution in [0.3, 0.4) is 0 Å². The van der Waals surface area contributed by atoms with Crippen molar-refractivity contribution in [3.63, 3.8) is 0 Å². The van der Waals surface area contributed by atoms with Gasteiger partial charge in [0.1, 0.15) is 0 Å². The van der Waals surface area contributed by atoms with E-state index in [4.69, 9.17) is 0 Å². The number of benzene rings is 1. The average Bonchev–Trinajstić information content (AvgIpc) is 2.74. The molecular weight excluding hydrogens is 263 g/mol. The summed E-state index contributed by atoms with van der Waals surface area (Å²) in [4.78, 5) is 3.59. The summed E-state index contributed by atoms with van der Waals surface area (Å²) in [7, 11) is 0. The maximum absolute atomic E-state index is 13.3. The second kappa shape index (κ2) is 4.37. The maximum Gasteiger partial charge on any atom is 0.426 e. The Morgan fingerprint density at radius 2 is 1.78 bits per heavy atom. The fourth-order valence-electron chi connectivity index (χ4n) is 1.75. The highest BCUT2D eigenvalue weighted by Gasteiger charge is 2.57. The second-order valence-corrected chi connectivity index (χ2v) is 4.70. The van der Waals surface area contributed by atoms with Crippen LogP contribution in [0.1, 0.15) is 16.1 Å². The van der Waals surface area contributed by atoms with E-state index in [1.165, 1.54) is 36.7 Å². The number of rotatable bonds is 2. The highest BCUT2D eigenvalue weighted by molar-refractivity contribution is 7.10. The molecule has 2 aromatic rings. The van der Waals surface area contributed by atoms with E-state index in [0.717, 1.165) is 11.3 Å². The first-order valence-electron chi connectivity index (χ1n) is 5.12. The minimum absolute atomic E-state index is 0.184. The van der Waals surface area contributed by atoms with Gasteiger partial charge in [0, 0.05) is 0 Å². The Bertz CT molecular complexity index is 538. The molecule has 0 saturated carbocycles. The van der Waals surface area contributed by atoms with Crippen LogP contribution in [0.25, 0.3) is 0 Å². The number of aryl methyl sites for hydroxylation is 1. The van der Waals surface area contributed by atoms with Gasteiger partial charge < -0.3 is 5.11 Å². The average molecular weight is 273 g/mol. The van der Waals surface area contributed by atoms with Crippen LogP contribution in [-0.4, -0.2) is 16.3 Å². The molecule has 0 fully saturated rings. The Balaban J connectivity index is 2.67. The predicted molar refractivity (Wildman–Crippen MR) is 62.3 cm³/mol. The maximum atomic E-state index is 13.3. The first-order chi connectivity index (χ1) is 8.37. The SMILES string of the molecule is Cc1ncsc1C(O)(c1ccccc1)C(F)(F)F. The van der Waals surface area contributed by atoms with Gasteiger partial charge in [-0.15, -0.1) is 11.3 Å². The predicted octanol–water partition coefficient (Wildman–Crippen LogP) is 3.25. The third-order valence-electron chi connectivity index (χ3n) is 2.68. The van der Waals surface area contributed by atoms with E-state index in [9.17, 15) is 18.3 Å². The van der Waals surface area contributed by atoms with E-state index in [0.29, 0.717) is 0 Å². The number of hydrogen-bond donors (Lipinski definition) is 1. The smallest absolute Gasteiger partial charge is 0.372 e. The zero-order valence-corrected chi connectivity index (χ0v) is 10.2. The molecule has 1 unspecified atom stereocenters. The molecule has 0 aliphatic rings. The van der Waals surface area contributed by atoms with Gasteiger partial charge in [0.05, 0.1) is 16.1 Å². The molecule has 0 amide bonds. The Labute approximate surface area is 106 Å². The highest BCUT2D eigenvalue weighted by Crippen LogP contribution is 2.46. The van der Waals surface area contributed by atoms with Gasteiger partial charge in [0.2, 0.25) is 5.60 Å². The molecule has 0 saturated heterocycles. The van der Waals surface area contributed by atoms with Gasteiger partial charge in [-0.05, 0) is 12.5 Å². The van der Waals surface area contributed by atoms with Crippen LogP contribution in [0.5, 0.6) is 0 Å². The lowest BCUT2D eigenvalue weighted by Crippen LogP contribution is -2.43. The van der Waals surface area contributed by atoms with Gasteiger partial charge in [0.15, 0.2) is 0 Å². The third kappa shape index (κ3) is 1.91. The number of nitrogens with zero attached hydrogens (tertiary/aromatic N) is 1. The van der Waals surface area contributed by atoms with E-state index in [1.807, 2.05) is 0 Å². The molecule has 1 aromatic heterocycles. The van der Waals surface area contributed by atoms with Gasteiger partial charge in [-0.2, -0.15) is 13.2 Å². The standard InChI is InChI=1S/C12H10F3NOS/c1-8-10(18-7-16-8)11(17,12(13,14)15)9-5-3-2-4-6-9/h2-7,17H,1H3. The lowest BCUT2D eigenvalue weighted by Gasteiger charge is -2.30. The molecule has 0 aliphatic carbocycles. The zero-order chi connectivity index (χ0) is 13.4. The van der Waals surface area contributed by atoms with Crippen molar-refractivity contribution < 1.29 is 18.3 Å². The molecule has 0 bridgehead atoms. The Morgan fingerprint density at radius 3 is 2.22 bits per heavy atom. The van der Waals surface area contributed by atoms with Gasteiger partial charge in [0.25, 0.3) is 0 Å². The van der Waals surface area contributed by atoms with E-state index in [1.54, 1.807) is 6.07 Å². The van der Waals surface area contributed by atoms with Crippen molar-refractivity contribution in [2.24, 2.45) is 0 Å². The van der Waals surface area contributed by atoms with Crippen LogP contribution in [0.4, 0.5) is 13.2 Å². The number of aliphatic hydroxyl groups is 1. The normalized spacial score (nSPS) is 15.4. The molecule has 1 atom stereocenters. The molecule has 1 aromatic carbocycles. The van der Waals surface area contributed by atoms with Crippen molar-refractivity contribution in [2.45, 2.75) is 18.7 Å². The van der Waals surface area contributed by atoms with Crippen molar-refractivity contribution in [1.82, 2.24) is 4.98 Å². The van der Waals surface area contributed by atoms with Crippen LogP contribution in [0.2, 0.25) is 0 Å². The molecule has 0 spiro atoms. The quantitative estimate of drug-likeness (QED) is 0.911. The molecule has 96 valence electrons. The van der Waals surface area contributed by atoms with E-state index in [-0.39, 0.29) is 16.1 Å². The summed E-state index contributed by atoms with van der Waals surface area (Å²) >= 11 is 0.797. The van der Waals surface area contributed by atoms with E-state index >= 15 is 0 Å². The molecule has 1 heterocycles. The topological polar surface area (TPSA) is 33.1 Å². The summed E-state index contributed by atoms with van der Waals surface area (Å²) < 4.78 is 39.8. The van der Waals surface area contributed by atoms with Crippen molar-refractivity contribution >= 4 is 11.3 Å². The Hall–Kier alpha value is -1.40. The molecular formula is C12H10F3NOS. The number of aromatic nitrogens is 1. The summed E-state index contributed by atoms with van der Waals surface area (Å²) in [6.07, 6.45) is -4.80. The first-order valence-corrected chi connectivity index (χ1v) is 6.00.